The highest BCUT2D eigenvalue weighted by Crippen LogP contribution is 2.19. The lowest BCUT2D eigenvalue weighted by Crippen LogP contribution is -2.39. The molecular formula is C15H20FNO. The summed E-state index contributed by atoms with van der Waals surface area (Å²) in [6.45, 7) is 2.20. The van der Waals surface area contributed by atoms with E-state index in [0.717, 1.165) is 12.0 Å². The zero-order valence-corrected chi connectivity index (χ0v) is 10.9. The molecule has 1 heterocycles. The van der Waals surface area contributed by atoms with Crippen molar-refractivity contribution in [1.82, 2.24) is 5.32 Å². The van der Waals surface area contributed by atoms with Gasteiger partial charge in [0.1, 0.15) is 0 Å². The third-order valence-corrected chi connectivity index (χ3v) is 3.35. The average Bonchev–Trinajstić information content (AvgIpc) is 2.37. The van der Waals surface area contributed by atoms with Gasteiger partial charge in [-0.3, -0.25) is 0 Å². The predicted octanol–water partition coefficient (Wildman–Crippen LogP) is 3.38. The molecule has 1 fully saturated rings. The van der Waals surface area contributed by atoms with Crippen LogP contribution in [0.5, 0.6) is 5.75 Å². The van der Waals surface area contributed by atoms with Crippen molar-refractivity contribution < 1.29 is 9.13 Å². The molecule has 1 aliphatic rings. The number of halogens is 1. The zero-order chi connectivity index (χ0) is 13.0. The number of ether oxygens (including phenoxy) is 1. The van der Waals surface area contributed by atoms with Gasteiger partial charge in [-0.25, -0.2) is 4.39 Å². The Labute approximate surface area is 108 Å². The molecule has 2 nitrogen and oxygen atoms in total. The summed E-state index contributed by atoms with van der Waals surface area (Å²) in [5, 5.41) is 3.52. The fraction of sp³-hybridized carbons (Fsp3) is 0.467. The molecular weight excluding hydrogens is 229 g/mol. The molecule has 0 radical (unpaired) electrons. The minimum absolute atomic E-state index is 0.288. The van der Waals surface area contributed by atoms with Gasteiger partial charge in [-0.1, -0.05) is 24.6 Å². The molecule has 0 saturated carbocycles. The fourth-order valence-electron chi connectivity index (χ4n) is 2.34. The maximum atomic E-state index is 13.5. The Hall–Kier alpha value is -1.35. The van der Waals surface area contributed by atoms with Crippen LogP contribution in [0.1, 0.15) is 31.7 Å². The number of methoxy groups -OCH3 is 1. The smallest absolute Gasteiger partial charge is 0.165 e. The van der Waals surface area contributed by atoms with Crippen molar-refractivity contribution in [2.45, 2.75) is 38.3 Å². The minimum Gasteiger partial charge on any atom is -0.494 e. The molecule has 1 N–H and O–H groups in total. The molecule has 3 heteroatoms. The molecule has 1 aromatic carbocycles. The third-order valence-electron chi connectivity index (χ3n) is 3.35. The monoisotopic (exact) mass is 249 g/mol. The second-order valence-electron chi connectivity index (χ2n) is 4.86. The highest BCUT2D eigenvalue weighted by atomic mass is 19.1. The standard InChI is InChI=1S/C15H20FNO/c1-11-4-3-5-13(17-11)8-6-12-7-9-15(18-2)14(16)10-12/h6-11,13,17H,3-5H2,1-2H3/b8-6+. The lowest BCUT2D eigenvalue weighted by Gasteiger charge is -2.26. The number of piperidine rings is 1. The molecule has 1 aromatic rings. The maximum Gasteiger partial charge on any atom is 0.165 e. The van der Waals surface area contributed by atoms with Crippen molar-refractivity contribution in [3.63, 3.8) is 0 Å². The second kappa shape index (κ2) is 6.01. The second-order valence-corrected chi connectivity index (χ2v) is 4.86. The Morgan fingerprint density at radius 3 is 2.89 bits per heavy atom. The normalized spacial score (nSPS) is 24.4. The third kappa shape index (κ3) is 3.33. The molecule has 0 aliphatic carbocycles. The van der Waals surface area contributed by atoms with Gasteiger partial charge in [-0.2, -0.15) is 0 Å². The van der Waals surface area contributed by atoms with Gasteiger partial charge in [-0.15, -0.1) is 0 Å². The molecule has 98 valence electrons. The summed E-state index contributed by atoms with van der Waals surface area (Å²) >= 11 is 0. The summed E-state index contributed by atoms with van der Waals surface area (Å²) in [4.78, 5) is 0. The first-order valence-electron chi connectivity index (χ1n) is 6.47. The van der Waals surface area contributed by atoms with E-state index >= 15 is 0 Å². The molecule has 2 atom stereocenters. The van der Waals surface area contributed by atoms with Gasteiger partial charge in [0.05, 0.1) is 7.11 Å². The van der Waals surface area contributed by atoms with E-state index in [4.69, 9.17) is 4.74 Å². The van der Waals surface area contributed by atoms with Crippen molar-refractivity contribution in [3.8, 4) is 5.75 Å². The van der Waals surface area contributed by atoms with Gasteiger partial charge in [0.25, 0.3) is 0 Å². The first-order chi connectivity index (χ1) is 8.69. The summed E-state index contributed by atoms with van der Waals surface area (Å²) < 4.78 is 18.4. The zero-order valence-electron chi connectivity index (χ0n) is 10.9. The van der Waals surface area contributed by atoms with Crippen LogP contribution in [0.3, 0.4) is 0 Å². The Bertz CT molecular complexity index is 431. The van der Waals surface area contributed by atoms with Crippen LogP contribution in [-0.4, -0.2) is 19.2 Å². The molecule has 0 spiro atoms. The number of nitrogens with one attached hydrogen (secondary N) is 1. The van der Waals surface area contributed by atoms with Crippen LogP contribution in [0.4, 0.5) is 4.39 Å². The van der Waals surface area contributed by atoms with E-state index in [1.54, 1.807) is 6.07 Å². The Morgan fingerprint density at radius 2 is 2.22 bits per heavy atom. The Balaban J connectivity index is 2.02. The summed E-state index contributed by atoms with van der Waals surface area (Å²) in [6, 6.07) is 6.00. The van der Waals surface area contributed by atoms with Crippen LogP contribution < -0.4 is 10.1 Å². The molecule has 0 amide bonds. The van der Waals surface area contributed by atoms with E-state index in [9.17, 15) is 4.39 Å². The van der Waals surface area contributed by atoms with Crippen LogP contribution in [0.15, 0.2) is 24.3 Å². The molecule has 1 aliphatic heterocycles. The molecule has 18 heavy (non-hydrogen) atoms. The van der Waals surface area contributed by atoms with Crippen molar-refractivity contribution in [3.05, 3.63) is 35.7 Å². The first kappa shape index (κ1) is 13.1. The number of benzene rings is 1. The highest BCUT2D eigenvalue weighted by Gasteiger charge is 2.14. The number of rotatable bonds is 3. The molecule has 2 rings (SSSR count). The van der Waals surface area contributed by atoms with E-state index in [1.165, 1.54) is 26.0 Å². The lowest BCUT2D eigenvalue weighted by atomic mass is 9.99. The van der Waals surface area contributed by atoms with Crippen molar-refractivity contribution in [1.29, 1.82) is 0 Å². The fourth-order valence-corrected chi connectivity index (χ4v) is 2.34. The summed E-state index contributed by atoms with van der Waals surface area (Å²) in [7, 11) is 1.47. The highest BCUT2D eigenvalue weighted by molar-refractivity contribution is 5.51. The van der Waals surface area contributed by atoms with E-state index < -0.39 is 0 Å². The molecule has 0 aromatic heterocycles. The Morgan fingerprint density at radius 1 is 1.39 bits per heavy atom. The van der Waals surface area contributed by atoms with Gasteiger partial charge in [0.15, 0.2) is 11.6 Å². The predicted molar refractivity (Wildman–Crippen MR) is 72.2 cm³/mol. The Kier molecular flexibility index (Phi) is 4.37. The van der Waals surface area contributed by atoms with Gasteiger partial charge in [-0.05, 0) is 37.5 Å². The van der Waals surface area contributed by atoms with E-state index in [0.29, 0.717) is 12.1 Å². The maximum absolute atomic E-state index is 13.5. The largest absolute Gasteiger partial charge is 0.494 e. The number of hydrogen-bond donors (Lipinski definition) is 1. The van der Waals surface area contributed by atoms with Crippen molar-refractivity contribution in [2.75, 3.05) is 7.11 Å². The summed E-state index contributed by atoms with van der Waals surface area (Å²) in [5.74, 6) is -0.0267. The summed E-state index contributed by atoms with van der Waals surface area (Å²) in [6.07, 6.45) is 7.73. The SMILES string of the molecule is COc1ccc(/C=C/C2CCCC(C)N2)cc1F. The van der Waals surface area contributed by atoms with Crippen LogP contribution in [-0.2, 0) is 0 Å². The molecule has 1 saturated heterocycles. The van der Waals surface area contributed by atoms with Gasteiger partial charge in [0, 0.05) is 12.1 Å². The van der Waals surface area contributed by atoms with Crippen LogP contribution in [0, 0.1) is 5.82 Å². The molecule has 2 unspecified atom stereocenters. The van der Waals surface area contributed by atoms with Gasteiger partial charge < -0.3 is 10.1 Å². The van der Waals surface area contributed by atoms with Crippen LogP contribution in [0.2, 0.25) is 0 Å². The van der Waals surface area contributed by atoms with E-state index in [2.05, 4.69) is 18.3 Å². The van der Waals surface area contributed by atoms with Crippen molar-refractivity contribution >= 4 is 6.08 Å². The van der Waals surface area contributed by atoms with Gasteiger partial charge in [0.2, 0.25) is 0 Å². The molecule has 0 bridgehead atoms. The van der Waals surface area contributed by atoms with Crippen LogP contribution >= 0.6 is 0 Å². The number of hydrogen-bond acceptors (Lipinski definition) is 2. The minimum atomic E-state index is -0.315. The average molecular weight is 249 g/mol. The van der Waals surface area contributed by atoms with Gasteiger partial charge >= 0.3 is 0 Å². The van der Waals surface area contributed by atoms with E-state index in [-0.39, 0.29) is 11.6 Å². The van der Waals surface area contributed by atoms with Crippen LogP contribution in [0.25, 0.3) is 6.08 Å². The van der Waals surface area contributed by atoms with E-state index in [1.807, 2.05) is 12.1 Å². The topological polar surface area (TPSA) is 21.3 Å². The summed E-state index contributed by atoms with van der Waals surface area (Å²) in [5.41, 5.74) is 0.869. The quantitative estimate of drug-likeness (QED) is 0.886. The first-order valence-corrected chi connectivity index (χ1v) is 6.47. The lowest BCUT2D eigenvalue weighted by molar-refractivity contribution is 0.375. The van der Waals surface area contributed by atoms with Crippen molar-refractivity contribution in [2.24, 2.45) is 0 Å².